The summed E-state index contributed by atoms with van der Waals surface area (Å²) in [7, 11) is 0. The van der Waals surface area contributed by atoms with E-state index in [1.807, 2.05) is 0 Å². The van der Waals surface area contributed by atoms with Gasteiger partial charge < -0.3 is 10.6 Å². The van der Waals surface area contributed by atoms with Gasteiger partial charge in [-0.3, -0.25) is 4.79 Å². The summed E-state index contributed by atoms with van der Waals surface area (Å²) in [5.41, 5.74) is -0.0150. The summed E-state index contributed by atoms with van der Waals surface area (Å²) in [6.07, 6.45) is 5.48. The van der Waals surface area contributed by atoms with Crippen LogP contribution in [0.4, 0.5) is 0 Å². The van der Waals surface area contributed by atoms with Crippen LogP contribution in [0.5, 0.6) is 0 Å². The predicted molar refractivity (Wildman–Crippen MR) is 65.2 cm³/mol. The fourth-order valence-corrected chi connectivity index (χ4v) is 2.93. The molecule has 3 unspecified atom stereocenters. The second-order valence-corrected chi connectivity index (χ2v) is 5.65. The van der Waals surface area contributed by atoms with E-state index in [0.717, 1.165) is 19.3 Å². The normalized spacial score (nSPS) is 33.1. The molecule has 3 nitrogen and oxygen atoms in total. The number of hydrogen-bond acceptors (Lipinski definition) is 2. The molecule has 16 heavy (non-hydrogen) atoms. The SMILES string of the molecule is CCC(C)(CC)NC(=O)C1CC2CCC1N2. The van der Waals surface area contributed by atoms with Crippen LogP contribution in [-0.2, 0) is 4.79 Å². The smallest absolute Gasteiger partial charge is 0.225 e. The number of carbonyl (C=O) groups excluding carboxylic acids is 1. The van der Waals surface area contributed by atoms with Crippen LogP contribution in [0.2, 0.25) is 0 Å². The molecule has 1 amide bonds. The molecule has 0 aromatic rings. The van der Waals surface area contributed by atoms with E-state index in [1.165, 1.54) is 12.8 Å². The minimum Gasteiger partial charge on any atom is -0.351 e. The first-order chi connectivity index (χ1) is 7.58. The molecule has 2 bridgehead atoms. The largest absolute Gasteiger partial charge is 0.351 e. The Hall–Kier alpha value is -0.570. The quantitative estimate of drug-likeness (QED) is 0.765. The van der Waals surface area contributed by atoms with Gasteiger partial charge in [-0.2, -0.15) is 0 Å². The van der Waals surface area contributed by atoms with Gasteiger partial charge in [0.15, 0.2) is 0 Å². The first-order valence-electron chi connectivity index (χ1n) is 6.66. The first-order valence-corrected chi connectivity index (χ1v) is 6.66. The van der Waals surface area contributed by atoms with Crippen LogP contribution < -0.4 is 10.6 Å². The van der Waals surface area contributed by atoms with Gasteiger partial charge in [0, 0.05) is 17.6 Å². The van der Waals surface area contributed by atoms with Crippen LogP contribution in [-0.4, -0.2) is 23.5 Å². The first kappa shape index (κ1) is 11.9. The number of hydrogen-bond donors (Lipinski definition) is 2. The highest BCUT2D eigenvalue weighted by atomic mass is 16.2. The minimum atomic E-state index is -0.0150. The Bertz CT molecular complexity index is 273. The maximum Gasteiger partial charge on any atom is 0.225 e. The highest BCUT2D eigenvalue weighted by molar-refractivity contribution is 5.80. The number of amides is 1. The van der Waals surface area contributed by atoms with Crippen LogP contribution in [0.15, 0.2) is 0 Å². The molecule has 0 aromatic heterocycles. The summed E-state index contributed by atoms with van der Waals surface area (Å²) >= 11 is 0. The molecule has 0 aliphatic carbocycles. The molecule has 92 valence electrons. The maximum atomic E-state index is 12.2. The summed E-state index contributed by atoms with van der Waals surface area (Å²) < 4.78 is 0. The summed E-state index contributed by atoms with van der Waals surface area (Å²) in [5.74, 6) is 0.488. The van der Waals surface area contributed by atoms with E-state index in [2.05, 4.69) is 31.4 Å². The van der Waals surface area contributed by atoms with Crippen molar-refractivity contribution >= 4 is 5.91 Å². The van der Waals surface area contributed by atoms with Crippen molar-refractivity contribution in [3.63, 3.8) is 0 Å². The van der Waals surface area contributed by atoms with Gasteiger partial charge in [0.05, 0.1) is 5.92 Å². The average Bonchev–Trinajstić information content (AvgIpc) is 2.90. The molecule has 2 aliphatic rings. The van der Waals surface area contributed by atoms with Crippen molar-refractivity contribution in [2.75, 3.05) is 0 Å². The molecule has 2 saturated heterocycles. The van der Waals surface area contributed by atoms with E-state index in [1.54, 1.807) is 0 Å². The second-order valence-electron chi connectivity index (χ2n) is 5.65. The number of rotatable bonds is 4. The van der Waals surface area contributed by atoms with Gasteiger partial charge in [-0.05, 0) is 39.0 Å². The van der Waals surface area contributed by atoms with E-state index in [4.69, 9.17) is 0 Å². The molecule has 0 aromatic carbocycles. The van der Waals surface area contributed by atoms with E-state index in [9.17, 15) is 4.79 Å². The lowest BCUT2D eigenvalue weighted by atomic mass is 9.87. The molecular formula is C13H24N2O. The minimum absolute atomic E-state index is 0.0150. The molecule has 2 fully saturated rings. The zero-order valence-corrected chi connectivity index (χ0v) is 10.7. The lowest BCUT2D eigenvalue weighted by Gasteiger charge is -2.31. The highest BCUT2D eigenvalue weighted by Crippen LogP contribution is 2.33. The Morgan fingerprint density at radius 3 is 2.50 bits per heavy atom. The Balaban J connectivity index is 1.93. The van der Waals surface area contributed by atoms with E-state index in [-0.39, 0.29) is 17.4 Å². The molecule has 2 aliphatic heterocycles. The molecule has 0 spiro atoms. The summed E-state index contributed by atoms with van der Waals surface area (Å²) in [6.45, 7) is 6.43. The van der Waals surface area contributed by atoms with Crippen molar-refractivity contribution in [2.45, 2.75) is 70.5 Å². The fraction of sp³-hybridized carbons (Fsp3) is 0.923. The zero-order valence-electron chi connectivity index (χ0n) is 10.7. The van der Waals surface area contributed by atoms with Crippen LogP contribution >= 0.6 is 0 Å². The van der Waals surface area contributed by atoms with Gasteiger partial charge in [-0.25, -0.2) is 0 Å². The van der Waals surface area contributed by atoms with Crippen LogP contribution in [0.1, 0.15) is 52.9 Å². The van der Waals surface area contributed by atoms with E-state index in [0.29, 0.717) is 12.1 Å². The number of nitrogens with one attached hydrogen (secondary N) is 2. The molecule has 2 rings (SSSR count). The van der Waals surface area contributed by atoms with Crippen molar-refractivity contribution < 1.29 is 4.79 Å². The monoisotopic (exact) mass is 224 g/mol. The molecule has 3 atom stereocenters. The highest BCUT2D eigenvalue weighted by Gasteiger charge is 2.43. The Morgan fingerprint density at radius 2 is 2.06 bits per heavy atom. The maximum absolute atomic E-state index is 12.2. The van der Waals surface area contributed by atoms with Crippen molar-refractivity contribution in [3.8, 4) is 0 Å². The van der Waals surface area contributed by atoms with Gasteiger partial charge in [-0.15, -0.1) is 0 Å². The summed E-state index contributed by atoms with van der Waals surface area (Å²) in [5, 5.41) is 6.76. The predicted octanol–water partition coefficient (Wildman–Crippen LogP) is 1.82. The van der Waals surface area contributed by atoms with Gasteiger partial charge in [0.25, 0.3) is 0 Å². The molecular weight excluding hydrogens is 200 g/mol. The topological polar surface area (TPSA) is 41.1 Å². The Kier molecular flexibility index (Phi) is 3.24. The Morgan fingerprint density at radius 1 is 1.38 bits per heavy atom. The van der Waals surface area contributed by atoms with Crippen molar-refractivity contribution in [2.24, 2.45) is 5.92 Å². The van der Waals surface area contributed by atoms with Crippen LogP contribution in [0, 0.1) is 5.92 Å². The van der Waals surface area contributed by atoms with Gasteiger partial charge in [-0.1, -0.05) is 13.8 Å². The fourth-order valence-electron chi connectivity index (χ4n) is 2.93. The molecule has 0 saturated carbocycles. The second kappa shape index (κ2) is 4.36. The third-order valence-electron chi connectivity index (χ3n) is 4.62. The van der Waals surface area contributed by atoms with Gasteiger partial charge >= 0.3 is 0 Å². The van der Waals surface area contributed by atoms with Crippen molar-refractivity contribution in [1.29, 1.82) is 0 Å². The molecule has 2 heterocycles. The lowest BCUT2D eigenvalue weighted by Crippen LogP contribution is -2.49. The van der Waals surface area contributed by atoms with Crippen molar-refractivity contribution in [3.05, 3.63) is 0 Å². The molecule has 0 radical (unpaired) electrons. The third-order valence-corrected chi connectivity index (χ3v) is 4.62. The summed E-state index contributed by atoms with van der Waals surface area (Å²) in [4.78, 5) is 12.2. The number of fused-ring (bicyclic) bond motifs is 2. The number of carbonyl (C=O) groups is 1. The molecule has 3 heteroatoms. The summed E-state index contributed by atoms with van der Waals surface area (Å²) in [6, 6.07) is 1.05. The van der Waals surface area contributed by atoms with Crippen molar-refractivity contribution in [1.82, 2.24) is 10.6 Å². The van der Waals surface area contributed by atoms with E-state index < -0.39 is 0 Å². The van der Waals surface area contributed by atoms with E-state index >= 15 is 0 Å². The van der Waals surface area contributed by atoms with Crippen LogP contribution in [0.25, 0.3) is 0 Å². The average molecular weight is 224 g/mol. The van der Waals surface area contributed by atoms with Crippen LogP contribution in [0.3, 0.4) is 0 Å². The zero-order chi connectivity index (χ0) is 11.8. The van der Waals surface area contributed by atoms with Gasteiger partial charge in [0.2, 0.25) is 5.91 Å². The Labute approximate surface area is 98.4 Å². The standard InChI is InChI=1S/C13H24N2O/c1-4-13(3,5-2)15-12(16)10-8-9-6-7-11(10)14-9/h9-11,14H,4-8H2,1-3H3,(H,15,16). The third kappa shape index (κ3) is 2.10. The lowest BCUT2D eigenvalue weighted by molar-refractivity contribution is -0.127. The molecule has 2 N–H and O–H groups in total. The van der Waals surface area contributed by atoms with Gasteiger partial charge in [0.1, 0.15) is 0 Å².